The maximum atomic E-state index is 13.0. The van der Waals surface area contributed by atoms with E-state index < -0.39 is 24.7 Å². The van der Waals surface area contributed by atoms with Crippen LogP contribution >= 0.6 is 0 Å². The number of carboxylic acid groups (broad SMARTS) is 1. The van der Waals surface area contributed by atoms with Gasteiger partial charge in [-0.05, 0) is 6.42 Å². The standard InChI is InChI=1S/C7H11F2NO3/c1-13-5-2-3-10(6(11)12)4-7(5,8)9/h5H,2-4H2,1H3,(H,11,12)/t5-/m0/s1. The number of piperidine rings is 1. The number of amides is 1. The summed E-state index contributed by atoms with van der Waals surface area (Å²) >= 11 is 0. The van der Waals surface area contributed by atoms with Gasteiger partial charge >= 0.3 is 6.09 Å². The average Bonchev–Trinajstić information content (AvgIpc) is 2.02. The molecule has 4 nitrogen and oxygen atoms in total. The summed E-state index contributed by atoms with van der Waals surface area (Å²) in [7, 11) is 1.20. The minimum Gasteiger partial charge on any atom is -0.465 e. The van der Waals surface area contributed by atoms with Gasteiger partial charge in [0.2, 0.25) is 0 Å². The lowest BCUT2D eigenvalue weighted by Gasteiger charge is -2.35. The molecule has 0 aromatic carbocycles. The molecule has 0 radical (unpaired) electrons. The second-order valence-corrected chi connectivity index (χ2v) is 2.98. The number of nitrogens with zero attached hydrogens (tertiary/aromatic N) is 1. The fourth-order valence-electron chi connectivity index (χ4n) is 1.37. The van der Waals surface area contributed by atoms with Crippen LogP contribution in [0.15, 0.2) is 0 Å². The number of ether oxygens (including phenoxy) is 1. The molecule has 13 heavy (non-hydrogen) atoms. The molecule has 6 heteroatoms. The van der Waals surface area contributed by atoms with Gasteiger partial charge in [-0.3, -0.25) is 0 Å². The lowest BCUT2D eigenvalue weighted by atomic mass is 10.0. The molecule has 76 valence electrons. The van der Waals surface area contributed by atoms with Gasteiger partial charge in [-0.15, -0.1) is 0 Å². The highest BCUT2D eigenvalue weighted by molar-refractivity contribution is 5.65. The Labute approximate surface area is 74.1 Å². The van der Waals surface area contributed by atoms with E-state index in [-0.39, 0.29) is 13.0 Å². The summed E-state index contributed by atoms with van der Waals surface area (Å²) < 4.78 is 30.7. The van der Waals surface area contributed by atoms with Crippen molar-refractivity contribution >= 4 is 6.09 Å². The molecule has 1 fully saturated rings. The van der Waals surface area contributed by atoms with Crippen LogP contribution in [0.25, 0.3) is 0 Å². The first-order chi connectivity index (χ1) is 5.97. The molecule has 0 aromatic rings. The van der Waals surface area contributed by atoms with Gasteiger partial charge in [0.25, 0.3) is 5.92 Å². The summed E-state index contributed by atoms with van der Waals surface area (Å²) in [5.41, 5.74) is 0. The molecule has 0 bridgehead atoms. The monoisotopic (exact) mass is 195 g/mol. The van der Waals surface area contributed by atoms with Gasteiger partial charge in [-0.1, -0.05) is 0 Å². The molecule has 1 amide bonds. The Morgan fingerprint density at radius 3 is 2.69 bits per heavy atom. The first kappa shape index (κ1) is 10.2. The Hall–Kier alpha value is -0.910. The summed E-state index contributed by atoms with van der Waals surface area (Å²) in [6.07, 6.45) is -2.44. The van der Waals surface area contributed by atoms with Gasteiger partial charge in [0.15, 0.2) is 0 Å². The molecule has 1 rings (SSSR count). The average molecular weight is 195 g/mol. The maximum Gasteiger partial charge on any atom is 0.407 e. The van der Waals surface area contributed by atoms with Crippen LogP contribution in [0.1, 0.15) is 6.42 Å². The Bertz CT molecular complexity index is 210. The van der Waals surface area contributed by atoms with Crippen LogP contribution in [0, 0.1) is 0 Å². The summed E-state index contributed by atoms with van der Waals surface area (Å²) in [5.74, 6) is -3.08. The predicted molar refractivity (Wildman–Crippen MR) is 40.0 cm³/mol. The first-order valence-corrected chi connectivity index (χ1v) is 3.86. The van der Waals surface area contributed by atoms with Crippen molar-refractivity contribution in [3.63, 3.8) is 0 Å². The number of rotatable bonds is 1. The Morgan fingerprint density at radius 2 is 2.31 bits per heavy atom. The van der Waals surface area contributed by atoms with E-state index in [1.165, 1.54) is 7.11 Å². The van der Waals surface area contributed by atoms with Crippen LogP contribution in [0.5, 0.6) is 0 Å². The van der Waals surface area contributed by atoms with E-state index in [0.29, 0.717) is 4.90 Å². The zero-order valence-electron chi connectivity index (χ0n) is 7.17. The van der Waals surface area contributed by atoms with Crippen LogP contribution < -0.4 is 0 Å². The third-order valence-electron chi connectivity index (χ3n) is 2.09. The molecule has 0 aromatic heterocycles. The topological polar surface area (TPSA) is 49.8 Å². The van der Waals surface area contributed by atoms with Crippen LogP contribution in [-0.4, -0.2) is 48.3 Å². The van der Waals surface area contributed by atoms with Gasteiger partial charge in [0, 0.05) is 13.7 Å². The van der Waals surface area contributed by atoms with Gasteiger partial charge in [-0.2, -0.15) is 0 Å². The quantitative estimate of drug-likeness (QED) is 0.679. The number of carbonyl (C=O) groups is 1. The van der Waals surface area contributed by atoms with E-state index in [1.807, 2.05) is 0 Å². The largest absolute Gasteiger partial charge is 0.465 e. The molecule has 1 aliphatic heterocycles. The molecule has 0 saturated carbocycles. The van der Waals surface area contributed by atoms with Crippen molar-refractivity contribution in [1.82, 2.24) is 4.90 Å². The van der Waals surface area contributed by atoms with Crippen LogP contribution in [0.3, 0.4) is 0 Å². The first-order valence-electron chi connectivity index (χ1n) is 3.86. The molecule has 1 N–H and O–H groups in total. The van der Waals surface area contributed by atoms with Crippen LogP contribution in [0.4, 0.5) is 13.6 Å². The predicted octanol–water partition coefficient (Wildman–Crippen LogP) is 1.02. The number of halogens is 2. The zero-order chi connectivity index (χ0) is 10.1. The van der Waals surface area contributed by atoms with Crippen molar-refractivity contribution in [1.29, 1.82) is 0 Å². The fourth-order valence-corrected chi connectivity index (χ4v) is 1.37. The third-order valence-corrected chi connectivity index (χ3v) is 2.09. The van der Waals surface area contributed by atoms with Crippen molar-refractivity contribution in [2.75, 3.05) is 20.2 Å². The molecule has 1 heterocycles. The van der Waals surface area contributed by atoms with Gasteiger partial charge in [0.05, 0.1) is 6.54 Å². The van der Waals surface area contributed by atoms with Crippen LogP contribution in [-0.2, 0) is 4.74 Å². The molecular weight excluding hydrogens is 184 g/mol. The van der Waals surface area contributed by atoms with Gasteiger partial charge < -0.3 is 14.7 Å². The van der Waals surface area contributed by atoms with E-state index >= 15 is 0 Å². The highest BCUT2D eigenvalue weighted by atomic mass is 19.3. The minimum atomic E-state index is -3.08. The third kappa shape index (κ3) is 2.06. The van der Waals surface area contributed by atoms with Crippen molar-refractivity contribution in [2.45, 2.75) is 18.4 Å². The van der Waals surface area contributed by atoms with Crippen molar-refractivity contribution in [3.8, 4) is 0 Å². The molecule has 0 unspecified atom stereocenters. The summed E-state index contributed by atoms with van der Waals surface area (Å²) in [6, 6.07) is 0. The Kier molecular flexibility index (Phi) is 2.70. The Morgan fingerprint density at radius 1 is 1.69 bits per heavy atom. The zero-order valence-corrected chi connectivity index (χ0v) is 7.17. The molecule has 0 spiro atoms. The number of likely N-dealkylation sites (tertiary alicyclic amines) is 1. The van der Waals surface area contributed by atoms with E-state index in [1.54, 1.807) is 0 Å². The van der Waals surface area contributed by atoms with Gasteiger partial charge in [-0.25, -0.2) is 13.6 Å². The molecule has 0 aliphatic carbocycles. The number of hydrogen-bond donors (Lipinski definition) is 1. The minimum absolute atomic E-state index is 0.0375. The molecular formula is C7H11F2NO3. The Balaban J connectivity index is 2.64. The fraction of sp³-hybridized carbons (Fsp3) is 0.857. The summed E-state index contributed by atoms with van der Waals surface area (Å²) in [6.45, 7) is -0.676. The second-order valence-electron chi connectivity index (χ2n) is 2.98. The number of methoxy groups -OCH3 is 1. The normalized spacial score (nSPS) is 27.3. The maximum absolute atomic E-state index is 13.0. The molecule has 1 saturated heterocycles. The van der Waals surface area contributed by atoms with E-state index in [9.17, 15) is 13.6 Å². The number of hydrogen-bond acceptors (Lipinski definition) is 2. The second kappa shape index (κ2) is 3.45. The summed E-state index contributed by atoms with van der Waals surface area (Å²) in [5, 5.41) is 8.48. The van der Waals surface area contributed by atoms with Crippen LogP contribution in [0.2, 0.25) is 0 Å². The van der Waals surface area contributed by atoms with Crippen molar-refractivity contribution in [3.05, 3.63) is 0 Å². The molecule has 1 atom stereocenters. The lowest BCUT2D eigenvalue weighted by molar-refractivity contribution is -0.156. The summed E-state index contributed by atoms with van der Waals surface area (Å²) in [4.78, 5) is 11.1. The SMILES string of the molecule is CO[C@H]1CCN(C(=O)O)CC1(F)F. The van der Waals surface area contributed by atoms with E-state index in [4.69, 9.17) is 5.11 Å². The van der Waals surface area contributed by atoms with E-state index in [2.05, 4.69) is 4.74 Å². The van der Waals surface area contributed by atoms with Crippen molar-refractivity contribution in [2.24, 2.45) is 0 Å². The highest BCUT2D eigenvalue weighted by Gasteiger charge is 2.46. The van der Waals surface area contributed by atoms with Crippen molar-refractivity contribution < 1.29 is 23.4 Å². The lowest BCUT2D eigenvalue weighted by Crippen LogP contribution is -2.53. The number of alkyl halides is 2. The highest BCUT2D eigenvalue weighted by Crippen LogP contribution is 2.29. The van der Waals surface area contributed by atoms with E-state index in [0.717, 1.165) is 0 Å². The smallest absolute Gasteiger partial charge is 0.407 e. The van der Waals surface area contributed by atoms with Gasteiger partial charge in [0.1, 0.15) is 6.10 Å². The molecule has 1 aliphatic rings.